The van der Waals surface area contributed by atoms with Crippen molar-refractivity contribution in [3.63, 3.8) is 0 Å². The molecular formula is C25H26N4O4S. The van der Waals surface area contributed by atoms with E-state index in [-0.39, 0.29) is 16.0 Å². The number of hydrogen-bond donors (Lipinski definition) is 2. The molecule has 1 fully saturated rings. The summed E-state index contributed by atoms with van der Waals surface area (Å²) >= 11 is 0. The molecule has 1 aliphatic heterocycles. The van der Waals surface area contributed by atoms with Crippen LogP contribution < -0.4 is 10.2 Å². The summed E-state index contributed by atoms with van der Waals surface area (Å²) in [6.07, 6.45) is -0.439. The van der Waals surface area contributed by atoms with Crippen molar-refractivity contribution in [3.8, 4) is 0 Å². The Morgan fingerprint density at radius 1 is 1.06 bits per heavy atom. The van der Waals surface area contributed by atoms with Crippen LogP contribution in [0, 0.1) is 0 Å². The Morgan fingerprint density at radius 2 is 1.79 bits per heavy atom. The van der Waals surface area contributed by atoms with E-state index in [1.165, 1.54) is 0 Å². The minimum Gasteiger partial charge on any atom is -0.444 e. The second-order valence-corrected chi connectivity index (χ2v) is 11.3. The molecule has 0 saturated carbocycles. The van der Waals surface area contributed by atoms with Gasteiger partial charge >= 0.3 is 6.09 Å². The third-order valence-corrected chi connectivity index (χ3v) is 7.56. The quantitative estimate of drug-likeness (QED) is 0.454. The SMILES string of the molecule is CC(C)(C)OC(=O)NC1CN(c2ccc3n[nH]c(S(=O)(=O)c4cccc5ccccc45)c3c2)C1. The average molecular weight is 479 g/mol. The van der Waals surface area contributed by atoms with Gasteiger partial charge < -0.3 is 15.0 Å². The van der Waals surface area contributed by atoms with Crippen LogP contribution in [0.3, 0.4) is 0 Å². The van der Waals surface area contributed by atoms with Crippen LogP contribution in [-0.4, -0.2) is 49.4 Å². The number of anilines is 1. The summed E-state index contributed by atoms with van der Waals surface area (Å²) in [5.74, 6) is 0. The number of nitrogens with one attached hydrogen (secondary N) is 2. The lowest BCUT2D eigenvalue weighted by molar-refractivity contribution is 0.0496. The lowest BCUT2D eigenvalue weighted by Crippen LogP contribution is -2.60. The molecule has 0 spiro atoms. The molecule has 4 aromatic rings. The number of aromatic nitrogens is 2. The van der Waals surface area contributed by atoms with Gasteiger partial charge in [0.1, 0.15) is 5.60 Å². The summed E-state index contributed by atoms with van der Waals surface area (Å²) in [5, 5.41) is 12.0. The van der Waals surface area contributed by atoms with Crippen molar-refractivity contribution in [3.05, 3.63) is 60.7 Å². The van der Waals surface area contributed by atoms with E-state index in [9.17, 15) is 13.2 Å². The highest BCUT2D eigenvalue weighted by molar-refractivity contribution is 7.91. The molecule has 1 aliphatic rings. The number of fused-ring (bicyclic) bond motifs is 2. The molecule has 34 heavy (non-hydrogen) atoms. The summed E-state index contributed by atoms with van der Waals surface area (Å²) in [6, 6.07) is 18.2. The minimum atomic E-state index is -3.83. The van der Waals surface area contributed by atoms with Crippen molar-refractivity contribution in [2.24, 2.45) is 0 Å². The fourth-order valence-electron chi connectivity index (χ4n) is 4.17. The van der Waals surface area contributed by atoms with Crippen LogP contribution in [-0.2, 0) is 14.6 Å². The van der Waals surface area contributed by atoms with Gasteiger partial charge in [-0.25, -0.2) is 13.2 Å². The van der Waals surface area contributed by atoms with Gasteiger partial charge in [-0.3, -0.25) is 5.10 Å². The van der Waals surface area contributed by atoms with E-state index in [1.54, 1.807) is 18.2 Å². The van der Waals surface area contributed by atoms with Gasteiger partial charge in [-0.2, -0.15) is 5.10 Å². The number of aromatic amines is 1. The van der Waals surface area contributed by atoms with Crippen molar-refractivity contribution >= 4 is 43.3 Å². The molecule has 1 amide bonds. The Morgan fingerprint density at radius 3 is 2.56 bits per heavy atom. The second kappa shape index (κ2) is 8.02. The number of sulfone groups is 1. The first-order chi connectivity index (χ1) is 16.1. The van der Waals surface area contributed by atoms with Crippen molar-refractivity contribution < 1.29 is 17.9 Å². The number of benzene rings is 3. The Labute approximate surface area is 197 Å². The fraction of sp³-hybridized carbons (Fsp3) is 0.280. The van der Waals surface area contributed by atoms with E-state index >= 15 is 0 Å². The summed E-state index contributed by atoms with van der Waals surface area (Å²) in [6.45, 7) is 6.68. The third kappa shape index (κ3) is 4.07. The van der Waals surface area contributed by atoms with Crippen LogP contribution in [0.2, 0.25) is 0 Å². The number of H-pyrrole nitrogens is 1. The first kappa shape index (κ1) is 22.2. The number of amides is 1. The van der Waals surface area contributed by atoms with E-state index in [1.807, 2.05) is 63.2 Å². The Bertz CT molecular complexity index is 1490. The van der Waals surface area contributed by atoms with Gasteiger partial charge in [0.2, 0.25) is 9.84 Å². The number of nitrogens with zero attached hydrogens (tertiary/aromatic N) is 2. The topological polar surface area (TPSA) is 104 Å². The summed E-state index contributed by atoms with van der Waals surface area (Å²) in [5.41, 5.74) is 0.892. The first-order valence-electron chi connectivity index (χ1n) is 11.1. The molecular weight excluding hydrogens is 452 g/mol. The maximum Gasteiger partial charge on any atom is 0.407 e. The zero-order valence-electron chi connectivity index (χ0n) is 19.2. The van der Waals surface area contributed by atoms with Crippen LogP contribution in [0.1, 0.15) is 20.8 Å². The van der Waals surface area contributed by atoms with Crippen LogP contribution >= 0.6 is 0 Å². The van der Waals surface area contributed by atoms with Crippen molar-refractivity contribution in [2.45, 2.75) is 42.3 Å². The predicted molar refractivity (Wildman–Crippen MR) is 131 cm³/mol. The number of rotatable bonds is 4. The van der Waals surface area contributed by atoms with Crippen molar-refractivity contribution in [1.29, 1.82) is 0 Å². The first-order valence-corrected chi connectivity index (χ1v) is 12.6. The molecule has 9 heteroatoms. The lowest BCUT2D eigenvalue weighted by atomic mass is 10.1. The van der Waals surface area contributed by atoms with Crippen LogP contribution in [0.15, 0.2) is 70.6 Å². The monoisotopic (exact) mass is 478 g/mol. The molecule has 2 heterocycles. The van der Waals surface area contributed by atoms with Gasteiger partial charge in [0.25, 0.3) is 0 Å². The Balaban J connectivity index is 1.41. The summed E-state index contributed by atoms with van der Waals surface area (Å²) < 4.78 is 32.6. The number of carbonyl (C=O) groups excluding carboxylic acids is 1. The number of hydrogen-bond acceptors (Lipinski definition) is 6. The average Bonchev–Trinajstić information content (AvgIpc) is 3.18. The van der Waals surface area contributed by atoms with Crippen LogP contribution in [0.25, 0.3) is 21.7 Å². The van der Waals surface area contributed by atoms with Crippen LogP contribution in [0.4, 0.5) is 10.5 Å². The molecule has 0 aliphatic carbocycles. The second-order valence-electron chi connectivity index (χ2n) is 9.48. The molecule has 0 bridgehead atoms. The highest BCUT2D eigenvalue weighted by Gasteiger charge is 2.31. The van der Waals surface area contributed by atoms with Gasteiger partial charge in [-0.1, -0.05) is 36.4 Å². The normalized spacial score (nSPS) is 14.9. The third-order valence-electron chi connectivity index (χ3n) is 5.78. The molecule has 0 radical (unpaired) electrons. The zero-order valence-corrected chi connectivity index (χ0v) is 20.0. The molecule has 8 nitrogen and oxygen atoms in total. The predicted octanol–water partition coefficient (Wildman–Crippen LogP) is 4.26. The number of carbonyl (C=O) groups is 1. The van der Waals surface area contributed by atoms with E-state index in [0.29, 0.717) is 29.4 Å². The van der Waals surface area contributed by atoms with Gasteiger partial charge in [0.15, 0.2) is 5.03 Å². The fourth-order valence-corrected chi connectivity index (χ4v) is 5.74. The van der Waals surface area contributed by atoms with E-state index in [2.05, 4.69) is 20.4 Å². The van der Waals surface area contributed by atoms with Crippen molar-refractivity contribution in [2.75, 3.05) is 18.0 Å². The maximum absolute atomic E-state index is 13.6. The molecule has 0 atom stereocenters. The molecule has 1 saturated heterocycles. The highest BCUT2D eigenvalue weighted by atomic mass is 32.2. The Hall–Kier alpha value is -3.59. The molecule has 1 aromatic heterocycles. The van der Waals surface area contributed by atoms with Gasteiger partial charge in [0.05, 0.1) is 16.5 Å². The van der Waals surface area contributed by atoms with E-state index in [4.69, 9.17) is 4.74 Å². The van der Waals surface area contributed by atoms with Crippen molar-refractivity contribution in [1.82, 2.24) is 15.5 Å². The Kier molecular flexibility index (Phi) is 5.24. The number of alkyl carbamates (subject to hydrolysis) is 1. The maximum atomic E-state index is 13.6. The lowest BCUT2D eigenvalue weighted by Gasteiger charge is -2.41. The molecule has 0 unspecified atom stereocenters. The molecule has 176 valence electrons. The molecule has 3 aromatic carbocycles. The summed E-state index contributed by atoms with van der Waals surface area (Å²) in [4.78, 5) is 14.3. The largest absolute Gasteiger partial charge is 0.444 e. The summed E-state index contributed by atoms with van der Waals surface area (Å²) in [7, 11) is -3.83. The van der Waals surface area contributed by atoms with Gasteiger partial charge in [0, 0.05) is 29.5 Å². The van der Waals surface area contributed by atoms with E-state index < -0.39 is 21.5 Å². The van der Waals surface area contributed by atoms with Gasteiger partial charge in [-0.15, -0.1) is 0 Å². The smallest absolute Gasteiger partial charge is 0.407 e. The molecule has 5 rings (SSSR count). The van der Waals surface area contributed by atoms with Crippen LogP contribution in [0.5, 0.6) is 0 Å². The minimum absolute atomic E-state index is 0.0335. The highest BCUT2D eigenvalue weighted by Crippen LogP contribution is 2.33. The standard InChI is InChI=1S/C25H26N4O4S/c1-25(2,3)33-24(30)26-17-14-29(15-17)18-11-12-21-20(13-18)23(28-27-21)34(31,32)22-10-6-8-16-7-4-5-9-19(16)22/h4-13,17H,14-15H2,1-3H3,(H,26,30)(H,27,28). The zero-order chi connectivity index (χ0) is 24.1. The van der Waals surface area contributed by atoms with Gasteiger partial charge in [-0.05, 0) is 50.4 Å². The number of ether oxygens (including phenoxy) is 1. The molecule has 2 N–H and O–H groups in total. The van der Waals surface area contributed by atoms with E-state index in [0.717, 1.165) is 11.1 Å².